The zero-order chi connectivity index (χ0) is 18.2. The molecule has 0 radical (unpaired) electrons. The standard InChI is InChI=1S/C20H24FN3OS/c21-18-8-6-16(7-9-18)12-22-20(26)23-13-19-15-24(10-11-25-19)14-17-4-2-1-3-5-17/h1-9,19H,10-15H2,(H2,22,23,26)/p+1/t19-/m1/s1. The summed E-state index contributed by atoms with van der Waals surface area (Å²) in [6.45, 7) is 5.04. The van der Waals surface area contributed by atoms with Gasteiger partial charge in [0.1, 0.15) is 31.6 Å². The quantitative estimate of drug-likeness (QED) is 0.666. The first-order valence-corrected chi connectivity index (χ1v) is 9.35. The number of rotatable bonds is 6. The highest BCUT2D eigenvalue weighted by Gasteiger charge is 2.23. The molecule has 26 heavy (non-hydrogen) atoms. The fourth-order valence-corrected chi connectivity index (χ4v) is 3.24. The highest BCUT2D eigenvalue weighted by Crippen LogP contribution is 2.02. The van der Waals surface area contributed by atoms with Crippen LogP contribution < -0.4 is 15.5 Å². The summed E-state index contributed by atoms with van der Waals surface area (Å²) in [5, 5.41) is 6.96. The maximum Gasteiger partial charge on any atom is 0.166 e. The summed E-state index contributed by atoms with van der Waals surface area (Å²) in [6, 6.07) is 17.0. The minimum absolute atomic E-state index is 0.146. The van der Waals surface area contributed by atoms with Crippen LogP contribution in [0.2, 0.25) is 0 Å². The Kier molecular flexibility index (Phi) is 6.94. The summed E-state index contributed by atoms with van der Waals surface area (Å²) >= 11 is 5.32. The molecular formula is C20H25FN3OS+. The average molecular weight is 375 g/mol. The van der Waals surface area contributed by atoms with Crippen LogP contribution >= 0.6 is 12.2 Å². The van der Waals surface area contributed by atoms with Crippen LogP contribution in [0.1, 0.15) is 11.1 Å². The second kappa shape index (κ2) is 9.62. The molecule has 2 aromatic rings. The molecule has 3 rings (SSSR count). The lowest BCUT2D eigenvalue weighted by Gasteiger charge is -2.30. The first-order valence-electron chi connectivity index (χ1n) is 8.94. The number of thiocarbonyl (C=S) groups is 1. The summed E-state index contributed by atoms with van der Waals surface area (Å²) < 4.78 is 18.8. The smallest absolute Gasteiger partial charge is 0.166 e. The first kappa shape index (κ1) is 18.8. The molecule has 1 unspecified atom stereocenters. The van der Waals surface area contributed by atoms with Crippen molar-refractivity contribution < 1.29 is 14.0 Å². The monoisotopic (exact) mass is 374 g/mol. The highest BCUT2D eigenvalue weighted by atomic mass is 32.1. The Morgan fingerprint density at radius 3 is 2.62 bits per heavy atom. The molecular weight excluding hydrogens is 349 g/mol. The summed E-state index contributed by atoms with van der Waals surface area (Å²) in [7, 11) is 0. The van der Waals surface area contributed by atoms with Crippen LogP contribution in [0, 0.1) is 5.82 Å². The zero-order valence-corrected chi connectivity index (χ0v) is 15.5. The predicted molar refractivity (Wildman–Crippen MR) is 104 cm³/mol. The molecule has 1 heterocycles. The summed E-state index contributed by atoms with van der Waals surface area (Å²) in [5.74, 6) is -0.230. The van der Waals surface area contributed by atoms with Crippen LogP contribution in [0.3, 0.4) is 0 Å². The first-order chi connectivity index (χ1) is 12.7. The molecule has 0 aromatic heterocycles. The molecule has 1 aliphatic heterocycles. The fraction of sp³-hybridized carbons (Fsp3) is 0.350. The van der Waals surface area contributed by atoms with Crippen molar-refractivity contribution in [3.63, 3.8) is 0 Å². The van der Waals surface area contributed by atoms with Gasteiger partial charge in [-0.05, 0) is 29.9 Å². The van der Waals surface area contributed by atoms with Crippen LogP contribution in [0.5, 0.6) is 0 Å². The molecule has 2 aromatic carbocycles. The van der Waals surface area contributed by atoms with Crippen LogP contribution in [0.15, 0.2) is 54.6 Å². The Hall–Kier alpha value is -2.02. The Balaban J connectivity index is 1.38. The van der Waals surface area contributed by atoms with Crippen LogP contribution in [0.4, 0.5) is 4.39 Å². The van der Waals surface area contributed by atoms with E-state index in [0.29, 0.717) is 18.2 Å². The molecule has 1 fully saturated rings. The molecule has 1 saturated heterocycles. The van der Waals surface area contributed by atoms with Crippen LogP contribution in [-0.4, -0.2) is 37.5 Å². The van der Waals surface area contributed by atoms with Gasteiger partial charge in [-0.25, -0.2) is 4.39 Å². The van der Waals surface area contributed by atoms with E-state index in [1.165, 1.54) is 22.6 Å². The molecule has 3 N–H and O–H groups in total. The van der Waals surface area contributed by atoms with E-state index in [1.54, 1.807) is 12.1 Å². The SMILES string of the molecule is Fc1ccc(CNC(=S)NC[C@@H]2C[NH+](Cc3ccccc3)CCO2)cc1. The number of halogens is 1. The van der Waals surface area contributed by atoms with E-state index in [2.05, 4.69) is 34.9 Å². The van der Waals surface area contributed by atoms with Gasteiger partial charge in [0, 0.05) is 18.7 Å². The molecule has 2 atom stereocenters. The largest absolute Gasteiger partial charge is 0.365 e. The topological polar surface area (TPSA) is 37.7 Å². The Morgan fingerprint density at radius 1 is 1.08 bits per heavy atom. The van der Waals surface area contributed by atoms with Gasteiger partial charge in [0.15, 0.2) is 5.11 Å². The number of benzene rings is 2. The van der Waals surface area contributed by atoms with Gasteiger partial charge in [0.05, 0.1) is 6.61 Å². The molecule has 0 saturated carbocycles. The lowest BCUT2D eigenvalue weighted by Crippen LogP contribution is -3.13. The minimum atomic E-state index is -0.230. The molecule has 1 aliphatic rings. The number of nitrogens with one attached hydrogen (secondary N) is 3. The summed E-state index contributed by atoms with van der Waals surface area (Å²) in [4.78, 5) is 1.53. The average Bonchev–Trinajstić information content (AvgIpc) is 2.67. The van der Waals surface area contributed by atoms with E-state index in [0.717, 1.165) is 31.8 Å². The number of quaternary nitrogens is 1. The van der Waals surface area contributed by atoms with Crippen molar-refractivity contribution in [2.45, 2.75) is 19.2 Å². The molecule has 0 amide bonds. The highest BCUT2D eigenvalue weighted by molar-refractivity contribution is 7.80. The number of morpholine rings is 1. The van der Waals surface area contributed by atoms with Crippen molar-refractivity contribution in [3.8, 4) is 0 Å². The maximum atomic E-state index is 12.9. The van der Waals surface area contributed by atoms with E-state index in [4.69, 9.17) is 17.0 Å². The van der Waals surface area contributed by atoms with Crippen molar-refractivity contribution in [3.05, 3.63) is 71.5 Å². The van der Waals surface area contributed by atoms with Crippen molar-refractivity contribution in [2.24, 2.45) is 0 Å². The van der Waals surface area contributed by atoms with Crippen molar-refractivity contribution in [2.75, 3.05) is 26.2 Å². The molecule has 4 nitrogen and oxygen atoms in total. The van der Waals surface area contributed by atoms with Gasteiger partial charge in [0.2, 0.25) is 0 Å². The van der Waals surface area contributed by atoms with E-state index in [1.807, 2.05) is 6.07 Å². The third-order valence-corrected chi connectivity index (χ3v) is 4.77. The fourth-order valence-electron chi connectivity index (χ4n) is 3.08. The molecule has 138 valence electrons. The van der Waals surface area contributed by atoms with E-state index in [9.17, 15) is 4.39 Å². The van der Waals surface area contributed by atoms with Gasteiger partial charge in [-0.15, -0.1) is 0 Å². The van der Waals surface area contributed by atoms with Gasteiger partial charge in [-0.2, -0.15) is 0 Å². The lowest BCUT2D eigenvalue weighted by molar-refractivity contribution is -0.925. The van der Waals surface area contributed by atoms with E-state index >= 15 is 0 Å². The van der Waals surface area contributed by atoms with Crippen molar-refractivity contribution in [1.82, 2.24) is 10.6 Å². The maximum absolute atomic E-state index is 12.9. The second-order valence-corrected chi connectivity index (χ2v) is 6.96. The second-order valence-electron chi connectivity index (χ2n) is 6.55. The van der Waals surface area contributed by atoms with Gasteiger partial charge in [-0.1, -0.05) is 42.5 Å². The van der Waals surface area contributed by atoms with Gasteiger partial charge < -0.3 is 20.3 Å². The Labute approximate surface area is 159 Å². The zero-order valence-electron chi connectivity index (χ0n) is 14.7. The molecule has 0 bridgehead atoms. The van der Waals surface area contributed by atoms with Crippen LogP contribution in [-0.2, 0) is 17.8 Å². The van der Waals surface area contributed by atoms with Gasteiger partial charge in [-0.3, -0.25) is 0 Å². The van der Waals surface area contributed by atoms with Crippen molar-refractivity contribution >= 4 is 17.3 Å². The van der Waals surface area contributed by atoms with E-state index < -0.39 is 0 Å². The van der Waals surface area contributed by atoms with Crippen LogP contribution in [0.25, 0.3) is 0 Å². The third-order valence-electron chi connectivity index (χ3n) is 4.48. The molecule has 0 spiro atoms. The lowest BCUT2D eigenvalue weighted by atomic mass is 10.2. The summed E-state index contributed by atoms with van der Waals surface area (Å²) in [5.41, 5.74) is 2.34. The molecule has 6 heteroatoms. The van der Waals surface area contributed by atoms with E-state index in [-0.39, 0.29) is 11.9 Å². The summed E-state index contributed by atoms with van der Waals surface area (Å²) in [6.07, 6.45) is 0.146. The Bertz CT molecular complexity index is 696. The third kappa shape index (κ3) is 6.05. The number of ether oxygens (including phenoxy) is 1. The normalized spacial score (nSPS) is 19.7. The van der Waals surface area contributed by atoms with Gasteiger partial charge >= 0.3 is 0 Å². The Morgan fingerprint density at radius 2 is 1.85 bits per heavy atom. The number of hydrogen-bond donors (Lipinski definition) is 3. The number of hydrogen-bond acceptors (Lipinski definition) is 2. The van der Waals surface area contributed by atoms with Crippen molar-refractivity contribution in [1.29, 1.82) is 0 Å². The predicted octanol–water partition coefficient (Wildman–Crippen LogP) is 1.27. The molecule has 0 aliphatic carbocycles. The van der Waals surface area contributed by atoms with Gasteiger partial charge in [0.25, 0.3) is 0 Å². The minimum Gasteiger partial charge on any atom is -0.365 e.